The van der Waals surface area contributed by atoms with Crippen LogP contribution in [0.2, 0.25) is 0 Å². The largest absolute Gasteiger partial charge is 0.396 e. The Morgan fingerprint density at radius 3 is 2.69 bits per heavy atom. The van der Waals surface area contributed by atoms with Gasteiger partial charge in [-0.2, -0.15) is 5.10 Å². The van der Waals surface area contributed by atoms with Gasteiger partial charge in [0.2, 0.25) is 0 Å². The number of rotatable bonds is 4. The molecule has 74 valence electrons. The van der Waals surface area contributed by atoms with Gasteiger partial charge in [0.05, 0.1) is 15.9 Å². The molecule has 13 heavy (non-hydrogen) atoms. The predicted molar refractivity (Wildman–Crippen MR) is 55.7 cm³/mol. The maximum absolute atomic E-state index is 8.70. The van der Waals surface area contributed by atoms with Crippen LogP contribution in [0.25, 0.3) is 0 Å². The summed E-state index contributed by atoms with van der Waals surface area (Å²) in [6.07, 6.45) is 2.59. The number of halogens is 1. The van der Waals surface area contributed by atoms with Gasteiger partial charge < -0.3 is 5.11 Å². The SMILES string of the molecule is CCc1c(Br)c(CCCO)nn1C. The van der Waals surface area contributed by atoms with Crippen molar-refractivity contribution in [3.05, 3.63) is 15.9 Å². The minimum atomic E-state index is 0.227. The lowest BCUT2D eigenvalue weighted by molar-refractivity contribution is 0.288. The number of hydrogen-bond donors (Lipinski definition) is 1. The summed E-state index contributed by atoms with van der Waals surface area (Å²) in [6, 6.07) is 0. The molecule has 0 saturated carbocycles. The van der Waals surface area contributed by atoms with Crippen LogP contribution in [-0.2, 0) is 19.9 Å². The average Bonchev–Trinajstić information content (AvgIpc) is 2.38. The fourth-order valence-corrected chi connectivity index (χ4v) is 2.20. The first kappa shape index (κ1) is 10.7. The van der Waals surface area contributed by atoms with Crippen molar-refractivity contribution in [3.8, 4) is 0 Å². The minimum absolute atomic E-state index is 0.227. The molecule has 1 heterocycles. The van der Waals surface area contributed by atoms with Crippen molar-refractivity contribution in [3.63, 3.8) is 0 Å². The zero-order valence-corrected chi connectivity index (χ0v) is 9.63. The van der Waals surface area contributed by atoms with Crippen LogP contribution < -0.4 is 0 Å². The van der Waals surface area contributed by atoms with Crippen molar-refractivity contribution in [2.24, 2.45) is 7.05 Å². The first-order valence-electron chi connectivity index (χ1n) is 4.51. The average molecular weight is 247 g/mol. The van der Waals surface area contributed by atoms with Gasteiger partial charge in [-0.25, -0.2) is 0 Å². The molecule has 0 aliphatic heterocycles. The molecule has 0 aliphatic rings. The van der Waals surface area contributed by atoms with Gasteiger partial charge in [0.15, 0.2) is 0 Å². The zero-order valence-electron chi connectivity index (χ0n) is 8.05. The molecule has 4 heteroatoms. The molecule has 0 atom stereocenters. The molecule has 0 bridgehead atoms. The molecular weight excluding hydrogens is 232 g/mol. The van der Waals surface area contributed by atoms with Gasteiger partial charge in [0.25, 0.3) is 0 Å². The highest BCUT2D eigenvalue weighted by Crippen LogP contribution is 2.22. The lowest BCUT2D eigenvalue weighted by Gasteiger charge is -1.96. The Morgan fingerprint density at radius 1 is 1.54 bits per heavy atom. The topological polar surface area (TPSA) is 38.1 Å². The summed E-state index contributed by atoms with van der Waals surface area (Å²) in [5, 5.41) is 13.1. The van der Waals surface area contributed by atoms with E-state index < -0.39 is 0 Å². The third-order valence-corrected chi connectivity index (χ3v) is 2.99. The minimum Gasteiger partial charge on any atom is -0.396 e. The Morgan fingerprint density at radius 2 is 2.23 bits per heavy atom. The fraction of sp³-hybridized carbons (Fsp3) is 0.667. The molecule has 1 aromatic rings. The second kappa shape index (κ2) is 4.77. The summed E-state index contributed by atoms with van der Waals surface area (Å²) in [5.74, 6) is 0. The van der Waals surface area contributed by atoms with E-state index >= 15 is 0 Å². The first-order valence-corrected chi connectivity index (χ1v) is 5.31. The van der Waals surface area contributed by atoms with E-state index in [0.717, 1.165) is 29.4 Å². The van der Waals surface area contributed by atoms with Crippen LogP contribution >= 0.6 is 15.9 Å². The monoisotopic (exact) mass is 246 g/mol. The van der Waals surface area contributed by atoms with Gasteiger partial charge in [0, 0.05) is 13.7 Å². The summed E-state index contributed by atoms with van der Waals surface area (Å²) >= 11 is 3.53. The summed E-state index contributed by atoms with van der Waals surface area (Å²) in [7, 11) is 1.95. The third kappa shape index (κ3) is 2.31. The van der Waals surface area contributed by atoms with E-state index in [9.17, 15) is 0 Å². The van der Waals surface area contributed by atoms with Crippen molar-refractivity contribution in [2.45, 2.75) is 26.2 Å². The van der Waals surface area contributed by atoms with Gasteiger partial charge in [-0.15, -0.1) is 0 Å². The quantitative estimate of drug-likeness (QED) is 0.878. The molecule has 0 aromatic carbocycles. The van der Waals surface area contributed by atoms with Crippen LogP contribution in [0.15, 0.2) is 4.47 Å². The molecule has 1 N–H and O–H groups in total. The predicted octanol–water partition coefficient (Wildman–Crippen LogP) is 1.67. The van der Waals surface area contributed by atoms with Gasteiger partial charge in [-0.1, -0.05) is 6.92 Å². The van der Waals surface area contributed by atoms with E-state index in [0.29, 0.717) is 0 Å². The van der Waals surface area contributed by atoms with Gasteiger partial charge >= 0.3 is 0 Å². The van der Waals surface area contributed by atoms with E-state index in [-0.39, 0.29) is 6.61 Å². The van der Waals surface area contributed by atoms with Crippen molar-refractivity contribution in [1.29, 1.82) is 0 Å². The molecule has 1 aromatic heterocycles. The molecule has 0 aliphatic carbocycles. The van der Waals surface area contributed by atoms with E-state index in [4.69, 9.17) is 5.11 Å². The molecule has 0 spiro atoms. The number of aryl methyl sites for hydroxylation is 2. The van der Waals surface area contributed by atoms with Crippen LogP contribution in [0.1, 0.15) is 24.7 Å². The van der Waals surface area contributed by atoms with Crippen molar-refractivity contribution < 1.29 is 5.11 Å². The summed E-state index contributed by atoms with van der Waals surface area (Å²) in [6.45, 7) is 2.34. The van der Waals surface area contributed by atoms with E-state index in [2.05, 4.69) is 28.0 Å². The Labute approximate surface area is 86.9 Å². The number of aliphatic hydroxyl groups excluding tert-OH is 1. The summed E-state index contributed by atoms with van der Waals surface area (Å²) < 4.78 is 3.00. The van der Waals surface area contributed by atoms with E-state index in [1.54, 1.807) is 0 Å². The number of hydrogen-bond acceptors (Lipinski definition) is 2. The fourth-order valence-electron chi connectivity index (χ4n) is 1.38. The Balaban J connectivity index is 2.83. The third-order valence-electron chi connectivity index (χ3n) is 2.07. The lowest BCUT2D eigenvalue weighted by Crippen LogP contribution is -1.96. The van der Waals surface area contributed by atoms with E-state index in [1.807, 2.05) is 11.7 Å². The number of nitrogens with zero attached hydrogens (tertiary/aromatic N) is 2. The molecule has 1 rings (SSSR count). The van der Waals surface area contributed by atoms with Gasteiger partial charge in [0.1, 0.15) is 0 Å². The Kier molecular flexibility index (Phi) is 3.93. The zero-order chi connectivity index (χ0) is 9.84. The maximum atomic E-state index is 8.70. The molecule has 0 amide bonds. The Bertz CT molecular complexity index is 283. The molecule has 3 nitrogen and oxygen atoms in total. The second-order valence-electron chi connectivity index (χ2n) is 3.01. The smallest absolute Gasteiger partial charge is 0.0770 e. The van der Waals surface area contributed by atoms with Crippen LogP contribution in [-0.4, -0.2) is 21.5 Å². The number of aliphatic hydroxyl groups is 1. The van der Waals surface area contributed by atoms with Crippen LogP contribution in [0.4, 0.5) is 0 Å². The summed E-state index contributed by atoms with van der Waals surface area (Å²) in [5.41, 5.74) is 2.27. The van der Waals surface area contributed by atoms with Crippen LogP contribution in [0, 0.1) is 0 Å². The normalized spacial score (nSPS) is 10.8. The highest BCUT2D eigenvalue weighted by atomic mass is 79.9. The first-order chi connectivity index (χ1) is 6.20. The number of aromatic nitrogens is 2. The Hall–Kier alpha value is -0.350. The van der Waals surface area contributed by atoms with Gasteiger partial charge in [-0.05, 0) is 35.2 Å². The second-order valence-corrected chi connectivity index (χ2v) is 3.80. The standard InChI is InChI=1S/C9H15BrN2O/c1-3-8-9(10)7(5-4-6-13)11-12(8)2/h13H,3-6H2,1-2H3. The van der Waals surface area contributed by atoms with Gasteiger partial charge in [-0.3, -0.25) is 4.68 Å². The maximum Gasteiger partial charge on any atom is 0.0770 e. The van der Waals surface area contributed by atoms with Crippen LogP contribution in [0.5, 0.6) is 0 Å². The molecule has 0 saturated heterocycles. The van der Waals surface area contributed by atoms with Crippen LogP contribution in [0.3, 0.4) is 0 Å². The van der Waals surface area contributed by atoms with Crippen molar-refractivity contribution >= 4 is 15.9 Å². The lowest BCUT2D eigenvalue weighted by atomic mass is 10.2. The highest BCUT2D eigenvalue weighted by molar-refractivity contribution is 9.10. The molecule has 0 fully saturated rings. The van der Waals surface area contributed by atoms with Crippen molar-refractivity contribution in [1.82, 2.24) is 9.78 Å². The molecule has 0 unspecified atom stereocenters. The van der Waals surface area contributed by atoms with Crippen molar-refractivity contribution in [2.75, 3.05) is 6.61 Å². The highest BCUT2D eigenvalue weighted by Gasteiger charge is 2.10. The summed E-state index contributed by atoms with van der Waals surface area (Å²) in [4.78, 5) is 0. The molecular formula is C9H15BrN2O. The van der Waals surface area contributed by atoms with E-state index in [1.165, 1.54) is 5.69 Å². The molecule has 0 radical (unpaired) electrons.